The van der Waals surface area contributed by atoms with Crippen LogP contribution < -0.4 is 0 Å². The summed E-state index contributed by atoms with van der Waals surface area (Å²) in [6.45, 7) is 5.04. The number of nitrogens with zero attached hydrogens (tertiary/aromatic N) is 6. The van der Waals surface area contributed by atoms with Crippen LogP contribution in [0, 0.1) is 13.8 Å². The lowest BCUT2D eigenvalue weighted by atomic mass is 10.1. The van der Waals surface area contributed by atoms with Crippen LogP contribution in [0.2, 0.25) is 5.02 Å². The van der Waals surface area contributed by atoms with E-state index in [0.29, 0.717) is 23.8 Å². The maximum atomic E-state index is 13.1. The summed E-state index contributed by atoms with van der Waals surface area (Å²) in [6.07, 6.45) is 3.75. The number of hydrogen-bond acceptors (Lipinski definition) is 4. The molecule has 0 atom stereocenters. The number of halogens is 1. The standard InChI is InChI=1S/C20H23ClN6O/c1-13-17(14(2)25(3)23-13)11-27(16-8-9-16)20(28)19-12-26(24-22-19)10-15-6-4-5-7-18(15)21/h4-7,12,16H,8-11H2,1-3H3. The van der Waals surface area contributed by atoms with Crippen molar-refractivity contribution in [3.8, 4) is 0 Å². The molecular formula is C20H23ClN6O. The average Bonchev–Trinajstić information content (AvgIpc) is 3.35. The molecule has 2 aromatic heterocycles. The summed E-state index contributed by atoms with van der Waals surface area (Å²) in [7, 11) is 1.93. The van der Waals surface area contributed by atoms with Gasteiger partial charge in [-0.3, -0.25) is 9.48 Å². The van der Waals surface area contributed by atoms with Crippen LogP contribution in [-0.2, 0) is 20.1 Å². The smallest absolute Gasteiger partial charge is 0.276 e. The maximum Gasteiger partial charge on any atom is 0.276 e. The Balaban J connectivity index is 1.54. The first-order chi connectivity index (χ1) is 13.4. The van der Waals surface area contributed by atoms with Crippen molar-refractivity contribution < 1.29 is 4.79 Å². The number of rotatable bonds is 6. The maximum absolute atomic E-state index is 13.1. The van der Waals surface area contributed by atoms with Crippen molar-refractivity contribution in [3.05, 3.63) is 63.7 Å². The number of benzene rings is 1. The monoisotopic (exact) mass is 398 g/mol. The minimum absolute atomic E-state index is 0.0874. The molecule has 1 aliphatic carbocycles. The lowest BCUT2D eigenvalue weighted by Gasteiger charge is -2.21. The van der Waals surface area contributed by atoms with Crippen molar-refractivity contribution in [1.82, 2.24) is 29.7 Å². The molecule has 0 N–H and O–H groups in total. The number of carbonyl (C=O) groups is 1. The van der Waals surface area contributed by atoms with Gasteiger partial charge in [0.05, 0.1) is 18.4 Å². The zero-order valence-corrected chi connectivity index (χ0v) is 17.0. The molecule has 1 aromatic carbocycles. The molecule has 2 heterocycles. The highest BCUT2D eigenvalue weighted by Gasteiger charge is 2.35. The molecule has 0 spiro atoms. The van der Waals surface area contributed by atoms with E-state index in [4.69, 9.17) is 11.6 Å². The molecular weight excluding hydrogens is 376 g/mol. The van der Waals surface area contributed by atoms with Gasteiger partial charge in [-0.05, 0) is 38.3 Å². The molecule has 0 radical (unpaired) electrons. The van der Waals surface area contributed by atoms with Gasteiger partial charge in [-0.25, -0.2) is 4.68 Å². The molecule has 0 saturated heterocycles. The van der Waals surface area contributed by atoms with Gasteiger partial charge in [0.2, 0.25) is 0 Å². The molecule has 7 nitrogen and oxygen atoms in total. The van der Waals surface area contributed by atoms with Gasteiger partial charge in [0.15, 0.2) is 5.69 Å². The van der Waals surface area contributed by atoms with Crippen LogP contribution in [-0.4, -0.2) is 41.6 Å². The molecule has 1 fully saturated rings. The van der Waals surface area contributed by atoms with E-state index in [1.54, 1.807) is 10.9 Å². The fourth-order valence-corrected chi connectivity index (χ4v) is 3.59. The highest BCUT2D eigenvalue weighted by molar-refractivity contribution is 6.31. The van der Waals surface area contributed by atoms with Gasteiger partial charge in [0.1, 0.15) is 0 Å². The molecule has 8 heteroatoms. The van der Waals surface area contributed by atoms with Crippen LogP contribution in [0.4, 0.5) is 0 Å². The van der Waals surface area contributed by atoms with Crippen molar-refractivity contribution in [2.75, 3.05) is 0 Å². The van der Waals surface area contributed by atoms with E-state index in [1.165, 1.54) is 0 Å². The SMILES string of the molecule is Cc1nn(C)c(C)c1CN(C(=O)c1cn(Cc2ccccc2Cl)nn1)C1CC1. The summed E-state index contributed by atoms with van der Waals surface area (Å²) in [5.74, 6) is -0.0874. The molecule has 146 valence electrons. The van der Waals surface area contributed by atoms with Crippen molar-refractivity contribution >= 4 is 17.5 Å². The minimum atomic E-state index is -0.0874. The molecule has 4 rings (SSSR count). The van der Waals surface area contributed by atoms with Crippen LogP contribution in [0.1, 0.15) is 45.8 Å². The van der Waals surface area contributed by atoms with E-state index < -0.39 is 0 Å². The second-order valence-electron chi connectivity index (χ2n) is 7.33. The number of amides is 1. The first-order valence-electron chi connectivity index (χ1n) is 9.37. The van der Waals surface area contributed by atoms with E-state index >= 15 is 0 Å². The van der Waals surface area contributed by atoms with Gasteiger partial charge >= 0.3 is 0 Å². The Bertz CT molecular complexity index is 1020. The second kappa shape index (κ2) is 7.39. The Morgan fingerprint density at radius 3 is 2.68 bits per heavy atom. The van der Waals surface area contributed by atoms with Crippen LogP contribution in [0.25, 0.3) is 0 Å². The molecule has 0 unspecified atom stereocenters. The molecule has 0 aliphatic heterocycles. The zero-order valence-electron chi connectivity index (χ0n) is 16.3. The van der Waals surface area contributed by atoms with Crippen LogP contribution >= 0.6 is 11.6 Å². The number of aryl methyl sites for hydroxylation is 2. The summed E-state index contributed by atoms with van der Waals surface area (Å²) < 4.78 is 3.51. The molecule has 1 aliphatic rings. The van der Waals surface area contributed by atoms with Gasteiger partial charge in [-0.2, -0.15) is 5.10 Å². The number of aromatic nitrogens is 5. The summed E-state index contributed by atoms with van der Waals surface area (Å²) in [5.41, 5.74) is 4.44. The number of carbonyl (C=O) groups excluding carboxylic acids is 1. The topological polar surface area (TPSA) is 68.8 Å². The average molecular weight is 399 g/mol. The predicted octanol–water partition coefficient (Wildman–Crippen LogP) is 3.13. The lowest BCUT2D eigenvalue weighted by Crippen LogP contribution is -2.33. The van der Waals surface area contributed by atoms with Crippen LogP contribution in [0.3, 0.4) is 0 Å². The van der Waals surface area contributed by atoms with Crippen molar-refractivity contribution in [1.29, 1.82) is 0 Å². The minimum Gasteiger partial charge on any atom is -0.330 e. The summed E-state index contributed by atoms with van der Waals surface area (Å²) >= 11 is 6.22. The Morgan fingerprint density at radius 1 is 1.29 bits per heavy atom. The van der Waals surface area contributed by atoms with Crippen molar-refractivity contribution in [2.45, 2.75) is 45.8 Å². The van der Waals surface area contributed by atoms with Gasteiger partial charge in [0, 0.05) is 35.9 Å². The third kappa shape index (κ3) is 3.67. The Kier molecular flexibility index (Phi) is 4.93. The van der Waals surface area contributed by atoms with E-state index in [1.807, 2.05) is 54.7 Å². The van der Waals surface area contributed by atoms with Gasteiger partial charge in [0.25, 0.3) is 5.91 Å². The van der Waals surface area contributed by atoms with E-state index in [0.717, 1.165) is 35.4 Å². The summed E-state index contributed by atoms with van der Waals surface area (Å²) in [4.78, 5) is 15.1. The fourth-order valence-electron chi connectivity index (χ4n) is 3.39. The largest absolute Gasteiger partial charge is 0.330 e. The first-order valence-corrected chi connectivity index (χ1v) is 9.75. The van der Waals surface area contributed by atoms with E-state index in [-0.39, 0.29) is 11.9 Å². The first kappa shape index (κ1) is 18.7. The second-order valence-corrected chi connectivity index (χ2v) is 7.74. The van der Waals surface area contributed by atoms with E-state index in [2.05, 4.69) is 15.4 Å². The van der Waals surface area contributed by atoms with Crippen LogP contribution in [0.15, 0.2) is 30.5 Å². The summed E-state index contributed by atoms with van der Waals surface area (Å²) in [5, 5.41) is 13.4. The number of hydrogen-bond donors (Lipinski definition) is 0. The Labute approximate surface area is 168 Å². The third-order valence-electron chi connectivity index (χ3n) is 5.28. The lowest BCUT2D eigenvalue weighted by molar-refractivity contribution is 0.0723. The van der Waals surface area contributed by atoms with Gasteiger partial charge in [-0.1, -0.05) is 35.0 Å². The van der Waals surface area contributed by atoms with Gasteiger partial charge in [-0.15, -0.1) is 5.10 Å². The third-order valence-corrected chi connectivity index (χ3v) is 5.65. The van der Waals surface area contributed by atoms with E-state index in [9.17, 15) is 4.79 Å². The van der Waals surface area contributed by atoms with Crippen molar-refractivity contribution in [2.24, 2.45) is 7.05 Å². The molecule has 28 heavy (non-hydrogen) atoms. The predicted molar refractivity (Wildman–Crippen MR) is 106 cm³/mol. The Morgan fingerprint density at radius 2 is 2.04 bits per heavy atom. The highest BCUT2D eigenvalue weighted by Crippen LogP contribution is 2.30. The normalized spacial score (nSPS) is 13.7. The van der Waals surface area contributed by atoms with Crippen LogP contribution in [0.5, 0.6) is 0 Å². The molecule has 0 bridgehead atoms. The van der Waals surface area contributed by atoms with Crippen molar-refractivity contribution in [3.63, 3.8) is 0 Å². The molecule has 1 saturated carbocycles. The zero-order chi connectivity index (χ0) is 19.8. The van der Waals surface area contributed by atoms with Gasteiger partial charge < -0.3 is 4.90 Å². The quantitative estimate of drug-likeness (QED) is 0.639. The highest BCUT2D eigenvalue weighted by atomic mass is 35.5. The molecule has 3 aromatic rings. The Hall–Kier alpha value is -2.67. The summed E-state index contributed by atoms with van der Waals surface area (Å²) in [6, 6.07) is 7.86. The fraction of sp³-hybridized carbons (Fsp3) is 0.400. The molecule has 1 amide bonds.